The fourth-order valence-electron chi connectivity index (χ4n) is 2.44. The van der Waals surface area contributed by atoms with Gasteiger partial charge in [0.2, 0.25) is 0 Å². The normalized spacial score (nSPS) is 10.9. The summed E-state index contributed by atoms with van der Waals surface area (Å²) >= 11 is 0. The number of fused-ring (bicyclic) bond motifs is 1. The molecule has 0 atom stereocenters. The van der Waals surface area contributed by atoms with Gasteiger partial charge < -0.3 is 9.14 Å². The molecule has 3 aromatic heterocycles. The van der Waals surface area contributed by atoms with Crippen LogP contribution in [0.15, 0.2) is 61.2 Å². The topological polar surface area (TPSA) is 52.3 Å². The molecule has 0 fully saturated rings. The first-order valence-electron chi connectivity index (χ1n) is 7.38. The summed E-state index contributed by atoms with van der Waals surface area (Å²) in [4.78, 5) is 12.8. The average molecular weight is 320 g/mol. The molecule has 24 heavy (non-hydrogen) atoms. The highest BCUT2D eigenvalue weighted by molar-refractivity contribution is 5.66. The molecule has 5 nitrogen and oxygen atoms in total. The van der Waals surface area contributed by atoms with E-state index < -0.39 is 0 Å². The summed E-state index contributed by atoms with van der Waals surface area (Å²) in [6.45, 7) is 1.95. The van der Waals surface area contributed by atoms with Crippen LogP contribution in [0.5, 0.6) is 11.8 Å². The maximum Gasteiger partial charge on any atom is 0.321 e. The van der Waals surface area contributed by atoms with Crippen LogP contribution < -0.4 is 4.74 Å². The molecule has 1 aromatic carbocycles. The monoisotopic (exact) mass is 320 g/mol. The summed E-state index contributed by atoms with van der Waals surface area (Å²) in [5.74, 6) is -0.00977. The lowest BCUT2D eigenvalue weighted by Gasteiger charge is -2.05. The fourth-order valence-corrected chi connectivity index (χ4v) is 2.44. The largest absolute Gasteiger partial charge is 0.424 e. The van der Waals surface area contributed by atoms with Gasteiger partial charge in [0.25, 0.3) is 0 Å². The zero-order valence-corrected chi connectivity index (χ0v) is 12.8. The number of rotatable bonds is 3. The molecule has 0 aliphatic heterocycles. The smallest absolute Gasteiger partial charge is 0.321 e. The highest BCUT2D eigenvalue weighted by Crippen LogP contribution is 2.22. The molecule has 0 spiro atoms. The number of ether oxygens (including phenoxy) is 1. The lowest BCUT2D eigenvalue weighted by atomic mass is 10.1. The van der Waals surface area contributed by atoms with E-state index in [0.717, 1.165) is 22.5 Å². The molecule has 6 heteroatoms. The Balaban J connectivity index is 1.60. The third-order valence-corrected chi connectivity index (χ3v) is 3.55. The minimum atomic E-state index is -0.368. The fraction of sp³-hybridized carbons (Fsp3) is 0.0556. The molecular weight excluding hydrogens is 307 g/mol. The van der Waals surface area contributed by atoms with E-state index in [9.17, 15) is 4.39 Å². The number of aromatic nitrogens is 4. The van der Waals surface area contributed by atoms with Crippen molar-refractivity contribution >= 4 is 5.65 Å². The van der Waals surface area contributed by atoms with Gasteiger partial charge in [-0.2, -0.15) is 0 Å². The minimum Gasteiger partial charge on any atom is -0.424 e. The lowest BCUT2D eigenvalue weighted by Crippen LogP contribution is -1.93. The van der Waals surface area contributed by atoms with Crippen LogP contribution in [0.3, 0.4) is 0 Å². The summed E-state index contributed by atoms with van der Waals surface area (Å²) in [6.07, 6.45) is 7.25. The number of hydrogen-bond acceptors (Lipinski definition) is 4. The second-order valence-electron chi connectivity index (χ2n) is 5.38. The van der Waals surface area contributed by atoms with E-state index >= 15 is 0 Å². The molecule has 0 aliphatic rings. The number of pyridine rings is 1. The molecule has 0 N–H and O–H groups in total. The van der Waals surface area contributed by atoms with Gasteiger partial charge in [-0.25, -0.2) is 19.3 Å². The van der Waals surface area contributed by atoms with Crippen LogP contribution in [0, 0.1) is 12.7 Å². The van der Waals surface area contributed by atoms with Gasteiger partial charge in [0.15, 0.2) is 0 Å². The molecular formula is C18H13FN4O. The van der Waals surface area contributed by atoms with Gasteiger partial charge in [-0.05, 0) is 36.8 Å². The Morgan fingerprint density at radius 1 is 1.04 bits per heavy atom. The average Bonchev–Trinajstić information content (AvgIpc) is 2.95. The van der Waals surface area contributed by atoms with Gasteiger partial charge >= 0.3 is 6.01 Å². The van der Waals surface area contributed by atoms with E-state index in [0.29, 0.717) is 5.75 Å². The molecule has 118 valence electrons. The van der Waals surface area contributed by atoms with Crippen LogP contribution >= 0.6 is 0 Å². The van der Waals surface area contributed by atoms with Gasteiger partial charge in [-0.1, -0.05) is 6.07 Å². The quantitative estimate of drug-likeness (QED) is 0.572. The summed E-state index contributed by atoms with van der Waals surface area (Å²) in [7, 11) is 0. The Bertz CT molecular complexity index is 1010. The van der Waals surface area contributed by atoms with E-state index in [2.05, 4.69) is 15.0 Å². The second-order valence-corrected chi connectivity index (χ2v) is 5.38. The molecule has 0 amide bonds. The van der Waals surface area contributed by atoms with Crippen LogP contribution in [0.2, 0.25) is 0 Å². The van der Waals surface area contributed by atoms with E-state index in [4.69, 9.17) is 4.74 Å². The molecule has 3 heterocycles. The second kappa shape index (κ2) is 5.73. The number of halogens is 1. The molecule has 4 rings (SSSR count). The van der Waals surface area contributed by atoms with E-state index in [1.165, 1.54) is 12.1 Å². The van der Waals surface area contributed by atoms with E-state index in [1.807, 2.05) is 35.9 Å². The van der Waals surface area contributed by atoms with Gasteiger partial charge in [-0.15, -0.1) is 0 Å². The SMILES string of the molecule is Cc1cn2ccc(-c3cnc(Oc4cccc(F)c4)nc3)cc2n1. The summed E-state index contributed by atoms with van der Waals surface area (Å²) in [5.41, 5.74) is 3.64. The third-order valence-electron chi connectivity index (χ3n) is 3.55. The van der Waals surface area contributed by atoms with E-state index in [-0.39, 0.29) is 11.8 Å². The van der Waals surface area contributed by atoms with Crippen molar-refractivity contribution in [3.05, 3.63) is 72.7 Å². The van der Waals surface area contributed by atoms with Crippen molar-refractivity contribution in [1.82, 2.24) is 19.4 Å². The number of hydrogen-bond donors (Lipinski definition) is 0. The minimum absolute atomic E-state index is 0.169. The number of aryl methyl sites for hydroxylation is 1. The Morgan fingerprint density at radius 3 is 2.67 bits per heavy atom. The van der Waals surface area contributed by atoms with Crippen LogP contribution in [-0.2, 0) is 0 Å². The molecule has 0 aliphatic carbocycles. The molecule has 0 saturated carbocycles. The van der Waals surface area contributed by atoms with Crippen LogP contribution in [0.4, 0.5) is 4.39 Å². The predicted molar refractivity (Wildman–Crippen MR) is 87.4 cm³/mol. The van der Waals surface area contributed by atoms with Crippen molar-refractivity contribution in [3.8, 4) is 22.9 Å². The number of imidazole rings is 1. The van der Waals surface area contributed by atoms with Crippen LogP contribution in [-0.4, -0.2) is 19.4 Å². The van der Waals surface area contributed by atoms with Gasteiger partial charge in [0.1, 0.15) is 17.2 Å². The number of nitrogens with zero attached hydrogens (tertiary/aromatic N) is 4. The molecule has 0 saturated heterocycles. The van der Waals surface area contributed by atoms with Crippen LogP contribution in [0.1, 0.15) is 5.69 Å². The molecule has 0 bridgehead atoms. The molecule has 0 radical (unpaired) electrons. The Hall–Kier alpha value is -3.28. The van der Waals surface area contributed by atoms with Gasteiger partial charge in [0.05, 0.1) is 5.69 Å². The van der Waals surface area contributed by atoms with Crippen molar-refractivity contribution in [2.24, 2.45) is 0 Å². The molecule has 4 aromatic rings. The zero-order valence-electron chi connectivity index (χ0n) is 12.8. The van der Waals surface area contributed by atoms with Gasteiger partial charge in [-0.3, -0.25) is 0 Å². The third kappa shape index (κ3) is 2.81. The zero-order chi connectivity index (χ0) is 16.5. The van der Waals surface area contributed by atoms with Crippen molar-refractivity contribution in [3.63, 3.8) is 0 Å². The Morgan fingerprint density at radius 2 is 1.88 bits per heavy atom. The first-order chi connectivity index (χ1) is 11.7. The van der Waals surface area contributed by atoms with Crippen molar-refractivity contribution in [2.45, 2.75) is 6.92 Å². The molecule has 0 unspecified atom stereocenters. The highest BCUT2D eigenvalue weighted by Gasteiger charge is 2.05. The summed E-state index contributed by atoms with van der Waals surface area (Å²) in [6, 6.07) is 9.96. The summed E-state index contributed by atoms with van der Waals surface area (Å²) in [5, 5.41) is 0. The van der Waals surface area contributed by atoms with Crippen LogP contribution in [0.25, 0.3) is 16.8 Å². The van der Waals surface area contributed by atoms with Crippen molar-refractivity contribution in [2.75, 3.05) is 0 Å². The van der Waals surface area contributed by atoms with Crippen molar-refractivity contribution < 1.29 is 9.13 Å². The maximum absolute atomic E-state index is 13.2. The number of benzene rings is 1. The van der Waals surface area contributed by atoms with Gasteiger partial charge in [0, 0.05) is 36.4 Å². The highest BCUT2D eigenvalue weighted by atomic mass is 19.1. The first kappa shape index (κ1) is 14.3. The Kier molecular flexibility index (Phi) is 3.42. The van der Waals surface area contributed by atoms with Crippen molar-refractivity contribution in [1.29, 1.82) is 0 Å². The maximum atomic E-state index is 13.2. The Labute approximate surface area is 137 Å². The lowest BCUT2D eigenvalue weighted by molar-refractivity contribution is 0.438. The first-order valence-corrected chi connectivity index (χ1v) is 7.38. The standard InChI is InChI=1S/C18H13FN4O/c1-12-11-23-6-5-13(7-17(23)22-12)14-9-20-18(21-10-14)24-16-4-2-3-15(19)8-16/h2-11H,1H3. The predicted octanol–water partition coefficient (Wildman–Crippen LogP) is 4.03. The van der Waals surface area contributed by atoms with E-state index in [1.54, 1.807) is 24.5 Å². The summed E-state index contributed by atoms with van der Waals surface area (Å²) < 4.78 is 20.6.